The van der Waals surface area contributed by atoms with E-state index in [1.165, 1.54) is 11.0 Å². The number of nitrogens with one attached hydrogen (secondary N) is 2. The van der Waals surface area contributed by atoms with Gasteiger partial charge in [-0.1, -0.05) is 12.1 Å². The monoisotopic (exact) mass is 313 g/mol. The Bertz CT molecular complexity index is 597. The molecule has 0 aliphatic rings. The predicted molar refractivity (Wildman–Crippen MR) is 83.7 cm³/mol. The molecule has 1 rings (SSSR count). The van der Waals surface area contributed by atoms with Crippen molar-refractivity contribution in [3.05, 3.63) is 24.3 Å². The minimum absolute atomic E-state index is 0.126. The maximum atomic E-state index is 12.3. The average Bonchev–Trinajstić information content (AvgIpc) is 2.36. The van der Waals surface area contributed by atoms with E-state index >= 15 is 0 Å². The van der Waals surface area contributed by atoms with Gasteiger partial charge in [-0.25, -0.2) is 13.1 Å². The molecule has 0 aliphatic heterocycles. The highest BCUT2D eigenvalue weighted by molar-refractivity contribution is 7.89. The zero-order valence-electron chi connectivity index (χ0n) is 13.0. The third-order valence-electron chi connectivity index (χ3n) is 2.75. The zero-order valence-corrected chi connectivity index (χ0v) is 13.9. The summed E-state index contributed by atoms with van der Waals surface area (Å²) in [5.74, 6) is -0.126. The molecular weight excluding hydrogens is 290 g/mol. The SMILES string of the molecule is CC(C)NS(=O)(=O)c1ccccc1NC(C)C(=O)N(C)C. The number of anilines is 1. The summed E-state index contributed by atoms with van der Waals surface area (Å²) in [6, 6.07) is 5.82. The first-order chi connectivity index (χ1) is 9.65. The standard InChI is InChI=1S/C14H23N3O3S/c1-10(2)16-21(19,20)13-9-7-6-8-12(13)15-11(3)14(18)17(4)5/h6-11,15-16H,1-5H3. The maximum Gasteiger partial charge on any atom is 0.244 e. The largest absolute Gasteiger partial charge is 0.373 e. The molecule has 0 aliphatic carbocycles. The fourth-order valence-electron chi connectivity index (χ4n) is 1.88. The molecule has 118 valence electrons. The number of likely N-dealkylation sites (N-methyl/N-ethyl adjacent to an activating group) is 1. The molecule has 1 amide bonds. The molecule has 1 atom stereocenters. The number of benzene rings is 1. The Morgan fingerprint density at radius 3 is 2.24 bits per heavy atom. The van der Waals surface area contributed by atoms with Crippen LogP contribution in [0.4, 0.5) is 5.69 Å². The number of hydrogen-bond acceptors (Lipinski definition) is 4. The van der Waals surface area contributed by atoms with Crippen LogP contribution in [-0.4, -0.2) is 45.4 Å². The highest BCUT2D eigenvalue weighted by Gasteiger charge is 2.22. The van der Waals surface area contributed by atoms with Crippen molar-refractivity contribution >= 4 is 21.6 Å². The Morgan fingerprint density at radius 2 is 1.71 bits per heavy atom. The summed E-state index contributed by atoms with van der Waals surface area (Å²) in [4.78, 5) is 13.5. The van der Waals surface area contributed by atoms with E-state index in [2.05, 4.69) is 10.0 Å². The summed E-state index contributed by atoms with van der Waals surface area (Å²) in [6.45, 7) is 5.21. The number of hydrogen-bond donors (Lipinski definition) is 2. The minimum Gasteiger partial charge on any atom is -0.373 e. The molecule has 0 fully saturated rings. The van der Waals surface area contributed by atoms with E-state index in [4.69, 9.17) is 0 Å². The van der Waals surface area contributed by atoms with Crippen LogP contribution in [0.5, 0.6) is 0 Å². The summed E-state index contributed by atoms with van der Waals surface area (Å²) >= 11 is 0. The molecule has 7 heteroatoms. The second-order valence-electron chi connectivity index (χ2n) is 5.37. The van der Waals surface area contributed by atoms with Gasteiger partial charge >= 0.3 is 0 Å². The van der Waals surface area contributed by atoms with Gasteiger partial charge in [0.2, 0.25) is 15.9 Å². The van der Waals surface area contributed by atoms with Gasteiger partial charge in [0, 0.05) is 20.1 Å². The van der Waals surface area contributed by atoms with Gasteiger partial charge in [-0.2, -0.15) is 0 Å². The highest BCUT2D eigenvalue weighted by Crippen LogP contribution is 2.22. The first kappa shape index (κ1) is 17.5. The van der Waals surface area contributed by atoms with E-state index in [0.29, 0.717) is 5.69 Å². The molecule has 2 N–H and O–H groups in total. The Morgan fingerprint density at radius 1 is 1.14 bits per heavy atom. The van der Waals surface area contributed by atoms with Crippen molar-refractivity contribution in [2.45, 2.75) is 37.8 Å². The van der Waals surface area contributed by atoms with E-state index < -0.39 is 16.1 Å². The van der Waals surface area contributed by atoms with Crippen LogP contribution in [-0.2, 0) is 14.8 Å². The second-order valence-corrected chi connectivity index (χ2v) is 7.05. The molecular formula is C14H23N3O3S. The van der Waals surface area contributed by atoms with Gasteiger partial charge in [-0.15, -0.1) is 0 Å². The number of carbonyl (C=O) groups excluding carboxylic acids is 1. The lowest BCUT2D eigenvalue weighted by Gasteiger charge is -2.21. The number of amides is 1. The summed E-state index contributed by atoms with van der Waals surface area (Å²) < 4.78 is 27.1. The van der Waals surface area contributed by atoms with Crippen molar-refractivity contribution in [1.82, 2.24) is 9.62 Å². The fourth-order valence-corrected chi connectivity index (χ4v) is 3.30. The summed E-state index contributed by atoms with van der Waals surface area (Å²) in [5, 5.41) is 2.96. The van der Waals surface area contributed by atoms with Crippen LogP contribution in [0, 0.1) is 0 Å². The molecule has 1 unspecified atom stereocenters. The molecule has 0 heterocycles. The van der Waals surface area contributed by atoms with Gasteiger partial charge < -0.3 is 10.2 Å². The molecule has 0 radical (unpaired) electrons. The van der Waals surface area contributed by atoms with Crippen LogP contribution in [0.1, 0.15) is 20.8 Å². The van der Waals surface area contributed by atoms with Crippen LogP contribution in [0.3, 0.4) is 0 Å². The van der Waals surface area contributed by atoms with Gasteiger partial charge in [0.25, 0.3) is 0 Å². The molecule has 1 aromatic rings. The van der Waals surface area contributed by atoms with Crippen LogP contribution in [0.25, 0.3) is 0 Å². The predicted octanol–water partition coefficient (Wildman–Crippen LogP) is 1.26. The van der Waals surface area contributed by atoms with Crippen molar-refractivity contribution in [1.29, 1.82) is 0 Å². The second kappa shape index (κ2) is 6.91. The van der Waals surface area contributed by atoms with Crippen molar-refractivity contribution in [3.63, 3.8) is 0 Å². The number of carbonyl (C=O) groups is 1. The third kappa shape index (κ3) is 4.71. The van der Waals surface area contributed by atoms with E-state index in [0.717, 1.165) is 0 Å². The highest BCUT2D eigenvalue weighted by atomic mass is 32.2. The van der Waals surface area contributed by atoms with Gasteiger partial charge in [-0.3, -0.25) is 4.79 Å². The van der Waals surface area contributed by atoms with Crippen molar-refractivity contribution in [3.8, 4) is 0 Å². The molecule has 0 bridgehead atoms. The molecule has 0 saturated heterocycles. The molecule has 0 aromatic heterocycles. The lowest BCUT2D eigenvalue weighted by Crippen LogP contribution is -2.37. The van der Waals surface area contributed by atoms with Crippen LogP contribution in [0.2, 0.25) is 0 Å². The number of sulfonamides is 1. The van der Waals surface area contributed by atoms with Crippen molar-refractivity contribution < 1.29 is 13.2 Å². The minimum atomic E-state index is -3.62. The van der Waals surface area contributed by atoms with Gasteiger partial charge in [0.05, 0.1) is 5.69 Å². The molecule has 0 spiro atoms. The quantitative estimate of drug-likeness (QED) is 0.829. The van der Waals surface area contributed by atoms with Crippen LogP contribution >= 0.6 is 0 Å². The number of para-hydroxylation sites is 1. The first-order valence-corrected chi connectivity index (χ1v) is 8.22. The molecule has 21 heavy (non-hydrogen) atoms. The van der Waals surface area contributed by atoms with E-state index in [9.17, 15) is 13.2 Å². The number of rotatable bonds is 6. The molecule has 6 nitrogen and oxygen atoms in total. The van der Waals surface area contributed by atoms with Gasteiger partial charge in [0.1, 0.15) is 10.9 Å². The normalized spacial score (nSPS) is 13.0. The maximum absolute atomic E-state index is 12.3. The zero-order chi connectivity index (χ0) is 16.2. The number of nitrogens with zero attached hydrogens (tertiary/aromatic N) is 1. The summed E-state index contributed by atoms with van der Waals surface area (Å²) in [7, 11) is -0.307. The lowest BCUT2D eigenvalue weighted by atomic mass is 10.2. The van der Waals surface area contributed by atoms with E-state index in [-0.39, 0.29) is 16.8 Å². The van der Waals surface area contributed by atoms with Gasteiger partial charge in [-0.05, 0) is 32.9 Å². The smallest absolute Gasteiger partial charge is 0.244 e. The Kier molecular flexibility index (Phi) is 5.74. The van der Waals surface area contributed by atoms with E-state index in [1.54, 1.807) is 53.1 Å². The first-order valence-electron chi connectivity index (χ1n) is 6.74. The fraction of sp³-hybridized carbons (Fsp3) is 0.500. The average molecular weight is 313 g/mol. The topological polar surface area (TPSA) is 78.5 Å². The van der Waals surface area contributed by atoms with Crippen LogP contribution < -0.4 is 10.0 Å². The Hall–Kier alpha value is -1.60. The molecule has 1 aromatic carbocycles. The summed E-state index contributed by atoms with van der Waals surface area (Å²) in [6.07, 6.45) is 0. The third-order valence-corrected chi connectivity index (χ3v) is 4.47. The van der Waals surface area contributed by atoms with Crippen molar-refractivity contribution in [2.75, 3.05) is 19.4 Å². The van der Waals surface area contributed by atoms with Gasteiger partial charge in [0.15, 0.2) is 0 Å². The Balaban J connectivity index is 3.08. The lowest BCUT2D eigenvalue weighted by molar-refractivity contribution is -0.129. The Labute approximate surface area is 126 Å². The van der Waals surface area contributed by atoms with Crippen molar-refractivity contribution in [2.24, 2.45) is 0 Å². The summed E-state index contributed by atoms with van der Waals surface area (Å²) in [5.41, 5.74) is 0.411. The van der Waals surface area contributed by atoms with Crippen LogP contribution in [0.15, 0.2) is 29.2 Å². The molecule has 0 saturated carbocycles. The van der Waals surface area contributed by atoms with E-state index in [1.807, 2.05) is 0 Å².